The number of carboxylic acid groups (broad SMARTS) is 1. The van der Waals surface area contributed by atoms with E-state index in [1.54, 1.807) is 0 Å². The van der Waals surface area contributed by atoms with Crippen molar-refractivity contribution in [3.05, 3.63) is 0 Å². The Morgan fingerprint density at radius 3 is 1.61 bits per heavy atom. The zero-order valence-electron chi connectivity index (χ0n) is 11.1. The van der Waals surface area contributed by atoms with Gasteiger partial charge in [-0.2, -0.15) is 0 Å². The highest BCUT2D eigenvalue weighted by Gasteiger charge is 2.38. The molecule has 18 heavy (non-hydrogen) atoms. The Hall–Kier alpha value is -1.06. The van der Waals surface area contributed by atoms with Gasteiger partial charge in [-0.15, -0.1) is 0 Å². The molecule has 0 aromatic rings. The van der Waals surface area contributed by atoms with Gasteiger partial charge in [0, 0.05) is 6.42 Å². The molecule has 0 radical (unpaired) electrons. The molecule has 0 unspecified atom stereocenters. The fraction of sp³-hybridized carbons (Fsp3) is 0.857. The lowest BCUT2D eigenvalue weighted by Crippen LogP contribution is -2.36. The molecular formula is C14H25NO3. The Morgan fingerprint density at radius 1 is 0.889 bits per heavy atom. The molecule has 1 fully saturated rings. The molecule has 0 atom stereocenters. The zero-order chi connectivity index (χ0) is 13.4. The van der Waals surface area contributed by atoms with E-state index >= 15 is 0 Å². The number of carboxylic acids is 1. The lowest BCUT2D eigenvalue weighted by atomic mass is 9.75. The average molecular weight is 255 g/mol. The van der Waals surface area contributed by atoms with Crippen molar-refractivity contribution in [3.8, 4) is 0 Å². The summed E-state index contributed by atoms with van der Waals surface area (Å²) in [5, 5.41) is 9.48. The second-order valence-corrected chi connectivity index (χ2v) is 5.56. The van der Waals surface area contributed by atoms with Crippen LogP contribution in [0.3, 0.4) is 0 Å². The van der Waals surface area contributed by atoms with E-state index in [1.807, 2.05) is 0 Å². The monoisotopic (exact) mass is 255 g/mol. The van der Waals surface area contributed by atoms with Crippen LogP contribution in [0.1, 0.15) is 70.6 Å². The first-order valence-corrected chi connectivity index (χ1v) is 7.08. The van der Waals surface area contributed by atoms with E-state index in [0.717, 1.165) is 25.7 Å². The van der Waals surface area contributed by atoms with Crippen molar-refractivity contribution >= 4 is 11.9 Å². The third kappa shape index (κ3) is 4.67. The number of hydrogen-bond acceptors (Lipinski definition) is 2. The number of hydrogen-bond donors (Lipinski definition) is 2. The minimum atomic E-state index is -0.907. The first kappa shape index (κ1) is 15.0. The maximum atomic E-state index is 11.6. The van der Waals surface area contributed by atoms with Gasteiger partial charge >= 0.3 is 5.97 Å². The minimum Gasteiger partial charge on any atom is -0.481 e. The molecular weight excluding hydrogens is 230 g/mol. The van der Waals surface area contributed by atoms with Crippen LogP contribution >= 0.6 is 0 Å². The van der Waals surface area contributed by atoms with E-state index in [9.17, 15) is 14.7 Å². The van der Waals surface area contributed by atoms with Crippen LogP contribution in [0.15, 0.2) is 0 Å². The number of rotatable bonds is 3. The molecule has 0 aromatic heterocycles. The van der Waals surface area contributed by atoms with Gasteiger partial charge in [0.15, 0.2) is 0 Å². The molecule has 3 N–H and O–H groups in total. The Morgan fingerprint density at radius 2 is 1.28 bits per heavy atom. The summed E-state index contributed by atoms with van der Waals surface area (Å²) < 4.78 is 0. The van der Waals surface area contributed by atoms with Gasteiger partial charge in [0.05, 0.1) is 5.41 Å². The Bertz CT molecular complexity index is 277. The molecule has 104 valence electrons. The molecule has 0 saturated heterocycles. The van der Waals surface area contributed by atoms with Gasteiger partial charge in [-0.05, 0) is 12.8 Å². The van der Waals surface area contributed by atoms with Crippen LogP contribution in [0, 0.1) is 5.41 Å². The van der Waals surface area contributed by atoms with Crippen LogP contribution in [-0.4, -0.2) is 17.0 Å². The molecule has 0 aliphatic heterocycles. The van der Waals surface area contributed by atoms with Crippen molar-refractivity contribution in [1.29, 1.82) is 0 Å². The Labute approximate surface area is 109 Å². The van der Waals surface area contributed by atoms with Gasteiger partial charge < -0.3 is 10.8 Å². The first-order valence-electron chi connectivity index (χ1n) is 7.08. The van der Waals surface area contributed by atoms with Gasteiger partial charge in [0.25, 0.3) is 0 Å². The third-order valence-electron chi connectivity index (χ3n) is 4.03. The number of primary amides is 1. The lowest BCUT2D eigenvalue weighted by Gasteiger charge is -2.28. The smallest absolute Gasteiger partial charge is 0.310 e. The van der Waals surface area contributed by atoms with Gasteiger partial charge in [-0.3, -0.25) is 9.59 Å². The Kier molecular flexibility index (Phi) is 6.16. The standard InChI is InChI=1S/C14H25NO3/c15-12(16)11-14(13(17)18)9-7-5-3-1-2-4-6-8-10-14/h1-11H2,(H2,15,16)(H,17,18). The number of carbonyl (C=O) groups is 2. The van der Waals surface area contributed by atoms with Crippen molar-refractivity contribution in [3.63, 3.8) is 0 Å². The van der Waals surface area contributed by atoms with Crippen molar-refractivity contribution < 1.29 is 14.7 Å². The number of nitrogens with two attached hydrogens (primary N) is 1. The quantitative estimate of drug-likeness (QED) is 0.813. The van der Waals surface area contributed by atoms with E-state index in [1.165, 1.54) is 25.7 Å². The highest BCUT2D eigenvalue weighted by Crippen LogP contribution is 2.36. The molecule has 1 aliphatic carbocycles. The van der Waals surface area contributed by atoms with Crippen LogP contribution in [0.2, 0.25) is 0 Å². The van der Waals surface area contributed by atoms with E-state index < -0.39 is 17.3 Å². The molecule has 4 nitrogen and oxygen atoms in total. The highest BCUT2D eigenvalue weighted by atomic mass is 16.4. The molecule has 0 spiro atoms. The van der Waals surface area contributed by atoms with Gasteiger partial charge in [-0.1, -0.05) is 51.4 Å². The topological polar surface area (TPSA) is 80.4 Å². The second kappa shape index (κ2) is 7.39. The molecule has 1 amide bonds. The third-order valence-corrected chi connectivity index (χ3v) is 4.03. The SMILES string of the molecule is NC(=O)CC1(C(=O)O)CCCCCCCCCC1. The summed E-state index contributed by atoms with van der Waals surface area (Å²) >= 11 is 0. The molecule has 0 aromatic carbocycles. The molecule has 1 rings (SSSR count). The lowest BCUT2D eigenvalue weighted by molar-refractivity contribution is -0.152. The fourth-order valence-electron chi connectivity index (χ4n) is 2.91. The van der Waals surface area contributed by atoms with Crippen molar-refractivity contribution in [2.24, 2.45) is 11.1 Å². The number of carbonyl (C=O) groups excluding carboxylic acids is 1. The average Bonchev–Trinajstić information content (AvgIpc) is 2.34. The van der Waals surface area contributed by atoms with Crippen LogP contribution in [0.5, 0.6) is 0 Å². The van der Waals surface area contributed by atoms with Crippen LogP contribution in [0.4, 0.5) is 0 Å². The summed E-state index contributed by atoms with van der Waals surface area (Å²) in [6.07, 6.45) is 9.91. The summed E-state index contributed by atoms with van der Waals surface area (Å²) in [6.45, 7) is 0. The Balaban J connectivity index is 2.73. The summed E-state index contributed by atoms with van der Waals surface area (Å²) in [7, 11) is 0. The summed E-state index contributed by atoms with van der Waals surface area (Å²) in [4.78, 5) is 22.7. The summed E-state index contributed by atoms with van der Waals surface area (Å²) in [6, 6.07) is 0. The van der Waals surface area contributed by atoms with Crippen molar-refractivity contribution in [2.45, 2.75) is 70.6 Å². The van der Waals surface area contributed by atoms with E-state index in [2.05, 4.69) is 0 Å². The number of amides is 1. The molecule has 1 saturated carbocycles. The number of aliphatic carboxylic acids is 1. The van der Waals surface area contributed by atoms with Crippen LogP contribution < -0.4 is 5.73 Å². The van der Waals surface area contributed by atoms with Gasteiger partial charge in [-0.25, -0.2) is 0 Å². The predicted molar refractivity (Wildman–Crippen MR) is 70.1 cm³/mol. The predicted octanol–water partition coefficient (Wildman–Crippen LogP) is 2.85. The minimum absolute atomic E-state index is 0.0116. The molecule has 1 aliphatic rings. The van der Waals surface area contributed by atoms with E-state index in [4.69, 9.17) is 5.73 Å². The zero-order valence-corrected chi connectivity index (χ0v) is 11.1. The van der Waals surface area contributed by atoms with Gasteiger partial charge in [0.2, 0.25) is 5.91 Å². The normalized spacial score (nSPS) is 21.8. The summed E-state index contributed by atoms with van der Waals surface area (Å²) in [5.41, 5.74) is 4.33. The molecule has 0 bridgehead atoms. The molecule has 4 heteroatoms. The van der Waals surface area contributed by atoms with Crippen molar-refractivity contribution in [1.82, 2.24) is 0 Å². The first-order chi connectivity index (χ1) is 8.57. The molecule has 0 heterocycles. The van der Waals surface area contributed by atoms with Crippen LogP contribution in [-0.2, 0) is 9.59 Å². The van der Waals surface area contributed by atoms with E-state index in [0.29, 0.717) is 12.8 Å². The fourth-order valence-corrected chi connectivity index (χ4v) is 2.91. The van der Waals surface area contributed by atoms with Gasteiger partial charge in [0.1, 0.15) is 0 Å². The van der Waals surface area contributed by atoms with E-state index in [-0.39, 0.29) is 6.42 Å². The van der Waals surface area contributed by atoms with Crippen LogP contribution in [0.25, 0.3) is 0 Å². The van der Waals surface area contributed by atoms with Crippen molar-refractivity contribution in [2.75, 3.05) is 0 Å². The highest BCUT2D eigenvalue weighted by molar-refractivity contribution is 5.84. The maximum absolute atomic E-state index is 11.6. The second-order valence-electron chi connectivity index (χ2n) is 5.56. The largest absolute Gasteiger partial charge is 0.481 e. The maximum Gasteiger partial charge on any atom is 0.310 e. The summed E-state index contributed by atoms with van der Waals surface area (Å²) in [5.74, 6) is -1.34.